The highest BCUT2D eigenvalue weighted by atomic mass is 19.1. The fraction of sp³-hybridized carbons (Fsp3) is 0.154. The first-order valence-corrected chi connectivity index (χ1v) is 5.26. The van der Waals surface area contributed by atoms with Crippen LogP contribution in [0, 0.1) is 5.82 Å². The van der Waals surface area contributed by atoms with Gasteiger partial charge in [0.25, 0.3) is 0 Å². The first-order chi connectivity index (χ1) is 8.28. The van der Waals surface area contributed by atoms with Gasteiger partial charge in [0.1, 0.15) is 5.82 Å². The normalized spacial score (nSPS) is 10.0. The van der Waals surface area contributed by atoms with Crippen molar-refractivity contribution in [3.63, 3.8) is 0 Å². The van der Waals surface area contributed by atoms with E-state index in [2.05, 4.69) is 10.3 Å². The van der Waals surface area contributed by atoms with Crippen LogP contribution >= 0.6 is 0 Å². The van der Waals surface area contributed by atoms with Crippen LogP contribution in [0.4, 0.5) is 10.1 Å². The Morgan fingerprint density at radius 1 is 1.18 bits per heavy atom. The fourth-order valence-corrected chi connectivity index (χ4v) is 1.41. The zero-order chi connectivity index (χ0) is 12.1. The summed E-state index contributed by atoms with van der Waals surface area (Å²) in [6.07, 6.45) is 1.70. The molecular weight excluding hydrogens is 219 g/mol. The predicted octanol–water partition coefficient (Wildman–Crippen LogP) is 2.84. The van der Waals surface area contributed by atoms with Gasteiger partial charge < -0.3 is 10.1 Å². The van der Waals surface area contributed by atoms with Crippen LogP contribution < -0.4 is 10.1 Å². The van der Waals surface area contributed by atoms with Crippen LogP contribution in [0.25, 0.3) is 0 Å². The number of benzene rings is 1. The third-order valence-electron chi connectivity index (χ3n) is 2.36. The summed E-state index contributed by atoms with van der Waals surface area (Å²) in [6.45, 7) is 0.633. The van der Waals surface area contributed by atoms with E-state index in [1.165, 1.54) is 12.1 Å². The standard InChI is InChI=1S/C13H13FN2O/c1-17-13-7-6-12(9-16-13)15-8-10-2-4-11(14)5-3-10/h2-7,9,15H,8H2,1H3. The van der Waals surface area contributed by atoms with Crippen LogP contribution in [0.3, 0.4) is 0 Å². The molecule has 0 fully saturated rings. The summed E-state index contributed by atoms with van der Waals surface area (Å²) in [4.78, 5) is 4.08. The van der Waals surface area contributed by atoms with Gasteiger partial charge in [-0.25, -0.2) is 9.37 Å². The van der Waals surface area contributed by atoms with Gasteiger partial charge in [0, 0.05) is 12.6 Å². The number of ether oxygens (including phenoxy) is 1. The maximum absolute atomic E-state index is 12.7. The molecule has 0 amide bonds. The maximum Gasteiger partial charge on any atom is 0.213 e. The number of anilines is 1. The Kier molecular flexibility index (Phi) is 3.55. The second-order valence-corrected chi connectivity index (χ2v) is 3.57. The van der Waals surface area contributed by atoms with Crippen LogP contribution in [0.1, 0.15) is 5.56 Å². The average molecular weight is 232 g/mol. The summed E-state index contributed by atoms with van der Waals surface area (Å²) in [6, 6.07) is 10.1. The summed E-state index contributed by atoms with van der Waals surface area (Å²) in [5, 5.41) is 3.19. The van der Waals surface area contributed by atoms with E-state index in [0.29, 0.717) is 12.4 Å². The second-order valence-electron chi connectivity index (χ2n) is 3.57. The first kappa shape index (κ1) is 11.4. The molecule has 1 aromatic heterocycles. The minimum Gasteiger partial charge on any atom is -0.481 e. The minimum absolute atomic E-state index is 0.222. The van der Waals surface area contributed by atoms with Gasteiger partial charge in [0.05, 0.1) is 19.0 Å². The summed E-state index contributed by atoms with van der Waals surface area (Å²) >= 11 is 0. The summed E-state index contributed by atoms with van der Waals surface area (Å²) in [5.74, 6) is 0.359. The number of rotatable bonds is 4. The second kappa shape index (κ2) is 5.30. The van der Waals surface area contributed by atoms with E-state index in [0.717, 1.165) is 11.3 Å². The minimum atomic E-state index is -0.222. The molecule has 1 N–H and O–H groups in total. The summed E-state index contributed by atoms with van der Waals surface area (Å²) < 4.78 is 17.7. The molecule has 1 aromatic carbocycles. The topological polar surface area (TPSA) is 34.1 Å². The Bertz CT molecular complexity index is 468. The van der Waals surface area contributed by atoms with Gasteiger partial charge in [0.2, 0.25) is 5.88 Å². The molecule has 0 unspecified atom stereocenters. The largest absolute Gasteiger partial charge is 0.481 e. The molecule has 2 rings (SSSR count). The third-order valence-corrected chi connectivity index (χ3v) is 2.36. The summed E-state index contributed by atoms with van der Waals surface area (Å²) in [7, 11) is 1.58. The molecule has 0 atom stereocenters. The monoisotopic (exact) mass is 232 g/mol. The van der Waals surface area contributed by atoms with Crippen molar-refractivity contribution in [2.45, 2.75) is 6.54 Å². The van der Waals surface area contributed by atoms with Gasteiger partial charge in [-0.05, 0) is 23.8 Å². The smallest absolute Gasteiger partial charge is 0.213 e. The zero-order valence-electron chi connectivity index (χ0n) is 9.48. The molecule has 1 heterocycles. The molecule has 0 aliphatic rings. The maximum atomic E-state index is 12.7. The molecule has 0 aliphatic heterocycles. The van der Waals surface area contributed by atoms with Crippen LogP contribution in [0.5, 0.6) is 5.88 Å². The molecule has 17 heavy (non-hydrogen) atoms. The molecular formula is C13H13FN2O. The van der Waals surface area contributed by atoms with E-state index in [1.807, 2.05) is 6.07 Å². The van der Waals surface area contributed by atoms with Crippen molar-refractivity contribution in [3.8, 4) is 5.88 Å². The number of nitrogens with zero attached hydrogens (tertiary/aromatic N) is 1. The van der Waals surface area contributed by atoms with Crippen molar-refractivity contribution in [2.24, 2.45) is 0 Å². The Morgan fingerprint density at radius 3 is 2.53 bits per heavy atom. The molecule has 88 valence electrons. The highest BCUT2D eigenvalue weighted by molar-refractivity contribution is 5.42. The lowest BCUT2D eigenvalue weighted by Crippen LogP contribution is -2.00. The van der Waals surface area contributed by atoms with E-state index < -0.39 is 0 Å². The Labute approximate surface area is 99.3 Å². The van der Waals surface area contributed by atoms with Crippen LogP contribution in [0.2, 0.25) is 0 Å². The molecule has 0 aliphatic carbocycles. The van der Waals surface area contributed by atoms with Crippen LogP contribution in [0.15, 0.2) is 42.6 Å². The third kappa shape index (κ3) is 3.17. The molecule has 0 bridgehead atoms. The Morgan fingerprint density at radius 2 is 1.94 bits per heavy atom. The van der Waals surface area contributed by atoms with E-state index >= 15 is 0 Å². The quantitative estimate of drug-likeness (QED) is 0.880. The van der Waals surface area contributed by atoms with E-state index in [9.17, 15) is 4.39 Å². The molecule has 2 aromatic rings. The summed E-state index contributed by atoms with van der Waals surface area (Å²) in [5.41, 5.74) is 1.91. The van der Waals surface area contributed by atoms with E-state index in [1.54, 1.807) is 31.5 Å². The highest BCUT2D eigenvalue weighted by Gasteiger charge is 1.96. The van der Waals surface area contributed by atoms with Crippen molar-refractivity contribution in [1.82, 2.24) is 4.98 Å². The number of methoxy groups -OCH3 is 1. The Hall–Kier alpha value is -2.10. The molecule has 0 radical (unpaired) electrons. The van der Waals surface area contributed by atoms with Crippen LogP contribution in [-0.2, 0) is 6.54 Å². The Balaban J connectivity index is 1.95. The molecule has 0 saturated heterocycles. The van der Waals surface area contributed by atoms with Gasteiger partial charge >= 0.3 is 0 Å². The molecule has 0 saturated carbocycles. The average Bonchev–Trinajstić information content (AvgIpc) is 2.39. The number of halogens is 1. The molecule has 4 heteroatoms. The van der Waals surface area contributed by atoms with Crippen molar-refractivity contribution in [3.05, 3.63) is 54.0 Å². The van der Waals surface area contributed by atoms with Gasteiger partial charge in [-0.1, -0.05) is 12.1 Å². The van der Waals surface area contributed by atoms with Crippen molar-refractivity contribution in [2.75, 3.05) is 12.4 Å². The lowest BCUT2D eigenvalue weighted by Gasteiger charge is -2.06. The lowest BCUT2D eigenvalue weighted by molar-refractivity contribution is 0.398. The molecule has 0 spiro atoms. The van der Waals surface area contributed by atoms with Gasteiger partial charge in [0.15, 0.2) is 0 Å². The van der Waals surface area contributed by atoms with Crippen molar-refractivity contribution in [1.29, 1.82) is 0 Å². The van der Waals surface area contributed by atoms with Crippen molar-refractivity contribution >= 4 is 5.69 Å². The van der Waals surface area contributed by atoms with Gasteiger partial charge in [-0.3, -0.25) is 0 Å². The molecule has 3 nitrogen and oxygen atoms in total. The zero-order valence-corrected chi connectivity index (χ0v) is 9.48. The lowest BCUT2D eigenvalue weighted by atomic mass is 10.2. The van der Waals surface area contributed by atoms with E-state index in [4.69, 9.17) is 4.74 Å². The number of nitrogens with one attached hydrogen (secondary N) is 1. The SMILES string of the molecule is COc1ccc(NCc2ccc(F)cc2)cn1. The number of hydrogen-bond acceptors (Lipinski definition) is 3. The predicted molar refractivity (Wildman–Crippen MR) is 64.5 cm³/mol. The fourth-order valence-electron chi connectivity index (χ4n) is 1.41. The van der Waals surface area contributed by atoms with Crippen LogP contribution in [-0.4, -0.2) is 12.1 Å². The van der Waals surface area contributed by atoms with E-state index in [-0.39, 0.29) is 5.82 Å². The first-order valence-electron chi connectivity index (χ1n) is 5.26. The number of pyridine rings is 1. The number of aromatic nitrogens is 1. The van der Waals surface area contributed by atoms with Gasteiger partial charge in [-0.15, -0.1) is 0 Å². The number of hydrogen-bond donors (Lipinski definition) is 1. The highest BCUT2D eigenvalue weighted by Crippen LogP contribution is 2.12. The van der Waals surface area contributed by atoms with Crippen molar-refractivity contribution < 1.29 is 9.13 Å². The van der Waals surface area contributed by atoms with Gasteiger partial charge in [-0.2, -0.15) is 0 Å².